The first kappa shape index (κ1) is 20.1. The Bertz CT molecular complexity index is 530. The maximum atomic E-state index is 13.5. The Morgan fingerprint density at radius 2 is 1.67 bits per heavy atom. The summed E-state index contributed by atoms with van der Waals surface area (Å²) in [5.41, 5.74) is 4.99. The second-order valence-corrected chi connectivity index (χ2v) is 5.96. The molecule has 0 aromatic heterocycles. The van der Waals surface area contributed by atoms with E-state index in [9.17, 15) is 18.4 Å². The predicted octanol–water partition coefficient (Wildman–Crippen LogP) is 3.23. The van der Waals surface area contributed by atoms with E-state index in [4.69, 9.17) is 5.73 Å². The Morgan fingerprint density at radius 3 is 2.25 bits per heavy atom. The number of amides is 2. The largest absolute Gasteiger partial charge is 0.368 e. The minimum absolute atomic E-state index is 0.308. The molecular formula is C18H26F2N2O2. The fraction of sp³-hybridized carbons (Fsp3) is 0.556. The van der Waals surface area contributed by atoms with Crippen LogP contribution in [0, 0.1) is 11.6 Å². The van der Waals surface area contributed by atoms with E-state index in [2.05, 4.69) is 12.2 Å². The summed E-state index contributed by atoms with van der Waals surface area (Å²) in [4.78, 5) is 23.4. The summed E-state index contributed by atoms with van der Waals surface area (Å²) in [7, 11) is 0. The number of carbonyl (C=O) groups is 2. The molecule has 4 nitrogen and oxygen atoms in total. The second kappa shape index (κ2) is 10.7. The molecule has 0 bridgehead atoms. The highest BCUT2D eigenvalue weighted by Crippen LogP contribution is 2.13. The fourth-order valence-corrected chi connectivity index (χ4v) is 2.52. The van der Waals surface area contributed by atoms with Gasteiger partial charge in [-0.1, -0.05) is 51.5 Å². The van der Waals surface area contributed by atoms with Crippen LogP contribution in [0.3, 0.4) is 0 Å². The topological polar surface area (TPSA) is 72.2 Å². The molecule has 1 aromatic rings. The molecule has 1 atom stereocenters. The normalized spacial score (nSPS) is 12.0. The van der Waals surface area contributed by atoms with Crippen LogP contribution in [-0.2, 0) is 16.0 Å². The van der Waals surface area contributed by atoms with Gasteiger partial charge in [0.2, 0.25) is 11.8 Å². The molecule has 0 fully saturated rings. The smallest absolute Gasteiger partial charge is 0.239 e. The van der Waals surface area contributed by atoms with E-state index in [0.29, 0.717) is 6.42 Å². The first-order valence-corrected chi connectivity index (χ1v) is 8.47. The predicted molar refractivity (Wildman–Crippen MR) is 89.2 cm³/mol. The number of rotatable bonds is 11. The molecule has 0 aliphatic heterocycles. The van der Waals surface area contributed by atoms with Crippen molar-refractivity contribution in [1.29, 1.82) is 0 Å². The van der Waals surface area contributed by atoms with Crippen molar-refractivity contribution in [1.82, 2.24) is 5.32 Å². The van der Waals surface area contributed by atoms with E-state index in [0.717, 1.165) is 44.2 Å². The zero-order valence-electron chi connectivity index (χ0n) is 14.1. The summed E-state index contributed by atoms with van der Waals surface area (Å²) in [5.74, 6) is -2.81. The molecular weight excluding hydrogens is 314 g/mol. The van der Waals surface area contributed by atoms with Crippen LogP contribution in [0.2, 0.25) is 0 Å². The van der Waals surface area contributed by atoms with Crippen molar-refractivity contribution < 1.29 is 18.4 Å². The lowest BCUT2D eigenvalue weighted by Crippen LogP contribution is -2.45. The van der Waals surface area contributed by atoms with Gasteiger partial charge in [0.1, 0.15) is 17.7 Å². The van der Waals surface area contributed by atoms with Gasteiger partial charge in [-0.3, -0.25) is 9.59 Å². The van der Waals surface area contributed by atoms with Crippen LogP contribution in [0.25, 0.3) is 0 Å². The maximum absolute atomic E-state index is 13.5. The SMILES string of the molecule is CCCCCCCC[C@@H](NC(=O)Cc1c(F)cccc1F)C(N)=O. The third-order valence-electron chi connectivity index (χ3n) is 3.92. The van der Waals surface area contributed by atoms with Gasteiger partial charge < -0.3 is 11.1 Å². The third-order valence-corrected chi connectivity index (χ3v) is 3.92. The fourth-order valence-electron chi connectivity index (χ4n) is 2.52. The van der Waals surface area contributed by atoms with E-state index in [1.54, 1.807) is 0 Å². The van der Waals surface area contributed by atoms with Gasteiger partial charge in [-0.05, 0) is 18.6 Å². The monoisotopic (exact) mass is 340 g/mol. The lowest BCUT2D eigenvalue weighted by atomic mass is 10.0. The molecule has 3 N–H and O–H groups in total. The molecule has 0 heterocycles. The van der Waals surface area contributed by atoms with Crippen LogP contribution < -0.4 is 11.1 Å². The van der Waals surface area contributed by atoms with Gasteiger partial charge >= 0.3 is 0 Å². The highest BCUT2D eigenvalue weighted by Gasteiger charge is 2.19. The summed E-state index contributed by atoms with van der Waals surface area (Å²) in [6.07, 6.45) is 6.28. The number of hydrogen-bond acceptors (Lipinski definition) is 2. The number of primary amides is 1. The van der Waals surface area contributed by atoms with Gasteiger partial charge in [-0.15, -0.1) is 0 Å². The van der Waals surface area contributed by atoms with Crippen molar-refractivity contribution >= 4 is 11.8 Å². The summed E-state index contributed by atoms with van der Waals surface area (Å²) in [5, 5.41) is 2.47. The van der Waals surface area contributed by atoms with E-state index in [1.807, 2.05) is 0 Å². The Kier molecular flexibility index (Phi) is 8.97. The van der Waals surface area contributed by atoms with Crippen LogP contribution >= 0.6 is 0 Å². The number of nitrogens with two attached hydrogens (primary N) is 1. The van der Waals surface area contributed by atoms with Gasteiger partial charge in [-0.25, -0.2) is 8.78 Å². The number of carbonyl (C=O) groups excluding carboxylic acids is 2. The van der Waals surface area contributed by atoms with Crippen molar-refractivity contribution in [3.8, 4) is 0 Å². The van der Waals surface area contributed by atoms with Crippen LogP contribution in [0.15, 0.2) is 18.2 Å². The Morgan fingerprint density at radius 1 is 1.08 bits per heavy atom. The summed E-state index contributed by atoms with van der Waals surface area (Å²) in [6, 6.07) is 2.61. The third kappa shape index (κ3) is 7.06. The minimum Gasteiger partial charge on any atom is -0.368 e. The Balaban J connectivity index is 2.47. The van der Waals surface area contributed by atoms with Crippen molar-refractivity contribution in [3.05, 3.63) is 35.4 Å². The van der Waals surface area contributed by atoms with E-state index >= 15 is 0 Å². The quantitative estimate of drug-likeness (QED) is 0.607. The van der Waals surface area contributed by atoms with Crippen molar-refractivity contribution in [2.24, 2.45) is 5.73 Å². The number of benzene rings is 1. The van der Waals surface area contributed by atoms with Crippen LogP contribution in [-0.4, -0.2) is 17.9 Å². The number of nitrogens with one attached hydrogen (secondary N) is 1. The summed E-state index contributed by atoms with van der Waals surface area (Å²) in [6.45, 7) is 2.14. The summed E-state index contributed by atoms with van der Waals surface area (Å²) >= 11 is 0. The van der Waals surface area contributed by atoms with Gasteiger partial charge in [0.15, 0.2) is 0 Å². The van der Waals surface area contributed by atoms with Gasteiger partial charge in [0.25, 0.3) is 0 Å². The molecule has 0 spiro atoms. The lowest BCUT2D eigenvalue weighted by Gasteiger charge is -2.15. The van der Waals surface area contributed by atoms with Crippen LogP contribution in [0.5, 0.6) is 0 Å². The summed E-state index contributed by atoms with van der Waals surface area (Å²) < 4.78 is 27.1. The first-order chi connectivity index (χ1) is 11.5. The molecule has 2 amide bonds. The van der Waals surface area contributed by atoms with Crippen LogP contribution in [0.4, 0.5) is 8.78 Å². The average molecular weight is 340 g/mol. The standard InChI is InChI=1S/C18H26F2N2O2/c1-2-3-4-5-6-7-11-16(18(21)24)22-17(23)12-13-14(19)9-8-10-15(13)20/h8-10,16H,2-7,11-12H2,1H3,(H2,21,24)(H,22,23)/t16-/m1/s1. The molecule has 0 saturated carbocycles. The van der Waals surface area contributed by atoms with Crippen molar-refractivity contribution in [3.63, 3.8) is 0 Å². The molecule has 0 radical (unpaired) electrons. The Labute approximate surface area is 141 Å². The highest BCUT2D eigenvalue weighted by atomic mass is 19.1. The molecule has 1 rings (SSSR count). The van der Waals surface area contributed by atoms with Gasteiger partial charge in [-0.2, -0.15) is 0 Å². The number of halogens is 2. The zero-order valence-corrected chi connectivity index (χ0v) is 14.1. The molecule has 24 heavy (non-hydrogen) atoms. The van der Waals surface area contributed by atoms with E-state index in [-0.39, 0.29) is 5.56 Å². The molecule has 0 saturated heterocycles. The van der Waals surface area contributed by atoms with Gasteiger partial charge in [0.05, 0.1) is 6.42 Å². The number of hydrogen-bond donors (Lipinski definition) is 2. The molecule has 0 aliphatic rings. The van der Waals surface area contributed by atoms with E-state index < -0.39 is 35.9 Å². The number of unbranched alkanes of at least 4 members (excludes halogenated alkanes) is 5. The molecule has 1 aromatic carbocycles. The molecule has 134 valence electrons. The van der Waals surface area contributed by atoms with Crippen molar-refractivity contribution in [2.45, 2.75) is 64.3 Å². The maximum Gasteiger partial charge on any atom is 0.239 e. The molecule has 0 unspecified atom stereocenters. The average Bonchev–Trinajstić information content (AvgIpc) is 2.53. The zero-order chi connectivity index (χ0) is 17.9. The molecule has 0 aliphatic carbocycles. The highest BCUT2D eigenvalue weighted by molar-refractivity contribution is 5.87. The van der Waals surface area contributed by atoms with Crippen molar-refractivity contribution in [2.75, 3.05) is 0 Å². The van der Waals surface area contributed by atoms with Gasteiger partial charge in [0, 0.05) is 5.56 Å². The molecule has 6 heteroatoms. The second-order valence-electron chi connectivity index (χ2n) is 5.96. The first-order valence-electron chi connectivity index (χ1n) is 8.47. The lowest BCUT2D eigenvalue weighted by molar-refractivity contribution is -0.127. The van der Waals surface area contributed by atoms with Crippen LogP contribution in [0.1, 0.15) is 57.4 Å². The van der Waals surface area contributed by atoms with E-state index in [1.165, 1.54) is 12.5 Å². The minimum atomic E-state index is -0.807. The Hall–Kier alpha value is -1.98.